The van der Waals surface area contributed by atoms with Gasteiger partial charge in [-0.05, 0) is 83.5 Å². The predicted molar refractivity (Wildman–Crippen MR) is 367 cm³/mol. The third kappa shape index (κ3) is 38.4. The first-order valence-electron chi connectivity index (χ1n) is 37.1. The van der Waals surface area contributed by atoms with E-state index in [0.717, 1.165) is 84.0 Å². The smallest absolute Gasteiger partial charge is 0.462 e. The highest BCUT2D eigenvalue weighted by atomic mass is 31.2. The van der Waals surface area contributed by atoms with Gasteiger partial charge >= 0.3 is 19.8 Å². The summed E-state index contributed by atoms with van der Waals surface area (Å²) < 4.78 is 68.4. The van der Waals surface area contributed by atoms with Crippen molar-refractivity contribution in [2.24, 2.45) is 0 Å². The molecule has 582 valence electrons. The zero-order valence-electron chi connectivity index (χ0n) is 59.7. The molecule has 3 heterocycles. The van der Waals surface area contributed by atoms with Crippen LogP contribution in [0.3, 0.4) is 0 Å². The van der Waals surface area contributed by atoms with Crippen LogP contribution in [0.1, 0.15) is 233 Å². The van der Waals surface area contributed by atoms with Gasteiger partial charge < -0.3 is 105 Å². The van der Waals surface area contributed by atoms with Gasteiger partial charge in [0.15, 0.2) is 25.0 Å². The minimum Gasteiger partial charge on any atom is -0.462 e. The van der Waals surface area contributed by atoms with Crippen LogP contribution in [0.25, 0.3) is 0 Å². The number of carbonyl (C=O) groups excluding carboxylic acids is 5. The fourth-order valence-electron chi connectivity index (χ4n) is 11.7. The fourth-order valence-corrected chi connectivity index (χ4v) is 12.4. The number of allylic oxidation sites excluding steroid dienone is 4. The van der Waals surface area contributed by atoms with E-state index in [2.05, 4.69) is 54.1 Å². The molecule has 0 bridgehead atoms. The Morgan fingerprint density at radius 3 is 1.43 bits per heavy atom. The summed E-state index contributed by atoms with van der Waals surface area (Å²) in [6.07, 6.45) is 14.1. The van der Waals surface area contributed by atoms with Gasteiger partial charge in [-0.2, -0.15) is 0 Å². The Balaban J connectivity index is 1.37. The summed E-state index contributed by atoms with van der Waals surface area (Å²) in [5.74, 6) is -2.41. The summed E-state index contributed by atoms with van der Waals surface area (Å²) in [6.45, 7) is 1.58. The lowest BCUT2D eigenvalue weighted by Gasteiger charge is -2.48. The van der Waals surface area contributed by atoms with E-state index in [-0.39, 0.29) is 64.3 Å². The van der Waals surface area contributed by atoms with Gasteiger partial charge in [-0.1, -0.05) is 141 Å². The van der Waals surface area contributed by atoms with Crippen molar-refractivity contribution in [3.63, 3.8) is 0 Å². The number of carbonyl (C=O) groups is 5. The second-order valence-electron chi connectivity index (χ2n) is 26.2. The zero-order chi connectivity index (χ0) is 73.3. The Morgan fingerprint density at radius 1 is 0.460 bits per heavy atom. The van der Waals surface area contributed by atoms with Crippen molar-refractivity contribution in [2.45, 2.75) is 331 Å². The molecule has 0 spiro atoms. The molecule has 3 saturated heterocycles. The molecule has 13 N–H and O–H groups in total. The molecule has 100 heavy (non-hydrogen) atoms. The minimum absolute atomic E-state index is 0.0267. The van der Waals surface area contributed by atoms with E-state index >= 15 is 0 Å². The number of amides is 3. The first-order chi connectivity index (χ1) is 48.2. The fraction of sp³-hybridized carbons (Fsp3) is 0.871. The van der Waals surface area contributed by atoms with Crippen LogP contribution in [-0.2, 0) is 75.5 Å². The number of aliphatic hydroxyl groups excluding tert-OH is 9. The van der Waals surface area contributed by atoms with Crippen LogP contribution in [0.15, 0.2) is 24.3 Å². The van der Waals surface area contributed by atoms with Gasteiger partial charge in [0.1, 0.15) is 79.8 Å². The first-order valence-corrected chi connectivity index (χ1v) is 38.6. The quantitative estimate of drug-likeness (QED) is 0.0156. The molecule has 3 fully saturated rings. The number of unbranched alkanes of at least 4 members (excludes halogenated alkanes) is 23. The van der Waals surface area contributed by atoms with E-state index in [1.54, 1.807) is 0 Å². The third-order valence-corrected chi connectivity index (χ3v) is 18.6. The predicted octanol–water partition coefficient (Wildman–Crippen LogP) is 5.44. The van der Waals surface area contributed by atoms with Gasteiger partial charge in [-0.15, -0.1) is 0 Å². The summed E-state index contributed by atoms with van der Waals surface area (Å²) in [5.41, 5.74) is 0. The van der Waals surface area contributed by atoms with Crippen LogP contribution in [0.2, 0.25) is 0 Å². The molecule has 0 aromatic heterocycles. The Kier molecular flexibility index (Phi) is 49.7. The summed E-state index contributed by atoms with van der Waals surface area (Å²) in [4.78, 5) is 73.8. The number of esters is 2. The maximum atomic E-state index is 13.0. The number of rotatable bonds is 58. The average molecular weight is 1460 g/mol. The molecule has 0 radical (unpaired) electrons. The van der Waals surface area contributed by atoms with Gasteiger partial charge in [0.2, 0.25) is 17.7 Å². The lowest BCUT2D eigenvalue weighted by atomic mass is 9.95. The largest absolute Gasteiger partial charge is 0.472 e. The normalized spacial score (nSPS) is 26.5. The number of ether oxygens (including phenoxy) is 8. The van der Waals surface area contributed by atoms with Crippen molar-refractivity contribution >= 4 is 37.5 Å². The highest BCUT2D eigenvalue weighted by Crippen LogP contribution is 2.43. The maximum Gasteiger partial charge on any atom is 0.472 e. The van der Waals surface area contributed by atoms with Gasteiger partial charge in [0.25, 0.3) is 0 Å². The number of phosphoric acid groups is 1. The number of hydrogen-bond acceptors (Lipinski definition) is 25. The summed E-state index contributed by atoms with van der Waals surface area (Å²) in [6, 6.07) is -1.36. The number of nitrogens with one attached hydrogen (secondary N) is 3. The molecular formula is C70H126N3O26P. The van der Waals surface area contributed by atoms with Crippen LogP contribution < -0.4 is 16.0 Å². The van der Waals surface area contributed by atoms with E-state index in [0.29, 0.717) is 25.7 Å². The van der Waals surface area contributed by atoms with Gasteiger partial charge in [-0.25, -0.2) is 4.57 Å². The second kappa shape index (κ2) is 54.9. The average Bonchev–Trinajstić information content (AvgIpc) is 0.781. The van der Waals surface area contributed by atoms with Crippen LogP contribution in [0, 0.1) is 0 Å². The van der Waals surface area contributed by atoms with Gasteiger partial charge in [-0.3, -0.25) is 33.0 Å². The van der Waals surface area contributed by atoms with Crippen molar-refractivity contribution in [2.75, 3.05) is 59.3 Å². The van der Waals surface area contributed by atoms with Crippen molar-refractivity contribution in [1.82, 2.24) is 16.0 Å². The summed E-state index contributed by atoms with van der Waals surface area (Å²) in [5, 5.41) is 103. The Labute approximate surface area is 592 Å². The Hall–Kier alpha value is -3.66. The molecule has 0 aliphatic carbocycles. The van der Waals surface area contributed by atoms with Crippen LogP contribution >= 0.6 is 7.82 Å². The lowest BCUT2D eigenvalue weighted by molar-refractivity contribution is -0.376. The van der Waals surface area contributed by atoms with E-state index in [4.69, 9.17) is 46.9 Å². The van der Waals surface area contributed by atoms with Crippen molar-refractivity contribution in [1.29, 1.82) is 0 Å². The van der Waals surface area contributed by atoms with E-state index in [1.165, 1.54) is 77.0 Å². The highest BCUT2D eigenvalue weighted by molar-refractivity contribution is 7.47. The lowest BCUT2D eigenvalue weighted by Crippen LogP contribution is -2.68. The number of phosphoric ester groups is 1. The molecule has 0 saturated carbocycles. The minimum atomic E-state index is -4.73. The van der Waals surface area contributed by atoms with Crippen molar-refractivity contribution in [3.8, 4) is 0 Å². The SMILES string of the molecule is CCCCCCCC/C=C\CCCCCCCC(=O)OC[C@H](COP(=O)(O)OCCNC(=O)CCCCC(=O)NCCCO[C@@H]1OC(CO)[C@@H](O[C@@H]2OC(CO)[C@H](O)C(O[C@H]3OC(CO)[C@H](O)C(O)C3O)[C@@H]2O)C(O)C1NC(C)=O)OC(=O)CCCCCCC/C=C\CCCCCCCC. The van der Waals surface area contributed by atoms with E-state index in [9.17, 15) is 79.4 Å². The molecule has 0 aromatic rings. The molecule has 30 heteroatoms. The second-order valence-corrected chi connectivity index (χ2v) is 27.7. The van der Waals surface area contributed by atoms with Gasteiger partial charge in [0.05, 0.1) is 39.6 Å². The van der Waals surface area contributed by atoms with Crippen LogP contribution in [-0.4, -0.2) is 238 Å². The molecule has 3 rings (SSSR count). The standard InChI is InChI=1S/C70H126N3O26P/c1-4-6-8-10-12-14-16-18-20-22-24-26-28-30-32-39-57(80)91-48-51(94-58(81)40-33-31-29-27-25-23-21-19-17-15-13-11-9-7-5-2)49-93-100(88,89)92-44-42-72-56(79)38-35-34-37-55(78)71-41-36-43-90-68-59(73-50(3)77)62(84)66(54(47-76)97-68)98-70-65(87)67(61(83)53(46-75)96-70)99-69-64(86)63(85)60(82)52(45-74)95-69/h18-21,51-54,59-70,74-76,82-87H,4-17,22-49H2,1-3H3,(H,71,78)(H,72,79)(H,73,77)(H,88,89)/b20-18-,21-19-/t51-,52?,53?,54?,59?,60+,61+,62?,63?,64?,65+,66-,67?,68-,69-,70+/m1/s1. The Morgan fingerprint density at radius 2 is 0.910 bits per heavy atom. The monoisotopic (exact) mass is 1460 g/mol. The first kappa shape index (κ1) is 90.6. The molecule has 17 atom stereocenters. The molecule has 3 amide bonds. The van der Waals surface area contributed by atoms with Crippen molar-refractivity contribution in [3.05, 3.63) is 24.3 Å². The van der Waals surface area contributed by atoms with Crippen molar-refractivity contribution < 1.29 is 126 Å². The Bertz CT molecular complexity index is 2290. The molecule has 29 nitrogen and oxygen atoms in total. The summed E-state index contributed by atoms with van der Waals surface area (Å²) in [7, 11) is -4.73. The zero-order valence-corrected chi connectivity index (χ0v) is 60.6. The highest BCUT2D eigenvalue weighted by Gasteiger charge is 2.54. The third-order valence-electron chi connectivity index (χ3n) is 17.6. The molecule has 9 unspecified atom stereocenters. The van der Waals surface area contributed by atoms with Gasteiger partial charge in [0, 0.05) is 45.7 Å². The summed E-state index contributed by atoms with van der Waals surface area (Å²) >= 11 is 0. The van der Waals surface area contributed by atoms with Crippen LogP contribution in [0.5, 0.6) is 0 Å². The molecule has 3 aliphatic rings. The van der Waals surface area contributed by atoms with Crippen LogP contribution in [0.4, 0.5) is 0 Å². The maximum absolute atomic E-state index is 13.0. The molecular weight excluding hydrogens is 1330 g/mol. The van der Waals surface area contributed by atoms with E-state index < -0.39 is 163 Å². The number of hydrogen-bond donors (Lipinski definition) is 13. The topological polar surface area (TPSA) is 433 Å². The number of aliphatic hydroxyl groups is 9. The molecule has 3 aliphatic heterocycles. The van der Waals surface area contributed by atoms with E-state index in [1.807, 2.05) is 0 Å². The molecule has 0 aromatic carbocycles.